The molecule has 5 nitrogen and oxygen atoms in total. The maximum atomic E-state index is 12.5. The number of hydrogen-bond donors (Lipinski definition) is 1. The number of nitriles is 1. The molecule has 0 spiro atoms. The summed E-state index contributed by atoms with van der Waals surface area (Å²) in [7, 11) is 3.35. The van der Waals surface area contributed by atoms with Crippen molar-refractivity contribution in [2.24, 2.45) is 0 Å². The van der Waals surface area contributed by atoms with Gasteiger partial charge in [0.1, 0.15) is 11.6 Å². The molecule has 3 rings (SSSR count). The number of carbonyl (C=O) groups excluding carboxylic acids is 2. The number of nitrogens with zero attached hydrogens (tertiary/aromatic N) is 2. The van der Waals surface area contributed by atoms with Crippen LogP contribution in [0.5, 0.6) is 0 Å². The van der Waals surface area contributed by atoms with Crippen LogP contribution in [0.3, 0.4) is 0 Å². The van der Waals surface area contributed by atoms with Gasteiger partial charge in [-0.2, -0.15) is 5.26 Å². The van der Waals surface area contributed by atoms with E-state index in [9.17, 15) is 14.9 Å². The van der Waals surface area contributed by atoms with Crippen molar-refractivity contribution in [3.8, 4) is 6.07 Å². The first-order valence-electron chi connectivity index (χ1n) is 8.20. The summed E-state index contributed by atoms with van der Waals surface area (Å²) >= 11 is 1.57. The SMILES string of the molecule is CN(C)C(=O)c1ccc(NC(=O)C(C#N)=Cc2csc3ccccc23)cc1. The molecule has 1 aromatic heterocycles. The zero-order valence-electron chi connectivity index (χ0n) is 14.9. The fraction of sp³-hybridized carbons (Fsp3) is 0.0952. The predicted molar refractivity (Wildman–Crippen MR) is 109 cm³/mol. The summed E-state index contributed by atoms with van der Waals surface area (Å²) in [5.74, 6) is -0.603. The molecular formula is C21H17N3O2S. The average Bonchev–Trinajstić information content (AvgIpc) is 3.09. The Kier molecular flexibility index (Phi) is 5.34. The molecular weight excluding hydrogens is 358 g/mol. The van der Waals surface area contributed by atoms with Crippen molar-refractivity contribution in [2.75, 3.05) is 19.4 Å². The van der Waals surface area contributed by atoms with Crippen LogP contribution in [0.2, 0.25) is 0 Å². The van der Waals surface area contributed by atoms with Crippen LogP contribution in [-0.4, -0.2) is 30.8 Å². The molecule has 0 radical (unpaired) electrons. The molecule has 1 N–H and O–H groups in total. The Bertz CT molecular complexity index is 1070. The quantitative estimate of drug-likeness (QED) is 0.550. The van der Waals surface area contributed by atoms with Crippen molar-refractivity contribution < 1.29 is 9.59 Å². The Labute approximate surface area is 161 Å². The lowest BCUT2D eigenvalue weighted by Gasteiger charge is -2.10. The molecule has 0 aliphatic carbocycles. The standard InChI is InChI=1S/C21H17N3O2S/c1-24(2)21(26)14-7-9-17(10-8-14)23-20(25)15(12-22)11-16-13-27-19-6-4-3-5-18(16)19/h3-11,13H,1-2H3,(H,23,25). The Balaban J connectivity index is 1.80. The van der Waals surface area contributed by atoms with Gasteiger partial charge in [0.25, 0.3) is 11.8 Å². The van der Waals surface area contributed by atoms with E-state index in [0.717, 1.165) is 15.6 Å². The fourth-order valence-electron chi connectivity index (χ4n) is 2.57. The van der Waals surface area contributed by atoms with E-state index >= 15 is 0 Å². The molecule has 1 heterocycles. The number of fused-ring (bicyclic) bond motifs is 1. The molecule has 27 heavy (non-hydrogen) atoms. The Hall–Kier alpha value is -3.43. The summed E-state index contributed by atoms with van der Waals surface area (Å²) in [5.41, 5.74) is 1.91. The van der Waals surface area contributed by atoms with Gasteiger partial charge in [0.2, 0.25) is 0 Å². The van der Waals surface area contributed by atoms with E-state index in [-0.39, 0.29) is 11.5 Å². The third-order valence-electron chi connectivity index (χ3n) is 3.97. The van der Waals surface area contributed by atoms with E-state index in [1.807, 2.05) is 35.7 Å². The summed E-state index contributed by atoms with van der Waals surface area (Å²) in [6.45, 7) is 0. The molecule has 6 heteroatoms. The number of hydrogen-bond acceptors (Lipinski definition) is 4. The third kappa shape index (κ3) is 4.05. The minimum atomic E-state index is -0.487. The van der Waals surface area contributed by atoms with Crippen LogP contribution < -0.4 is 5.32 Å². The smallest absolute Gasteiger partial charge is 0.266 e. The number of amides is 2. The predicted octanol–water partition coefficient (Wildman–Crippen LogP) is 4.15. The third-order valence-corrected chi connectivity index (χ3v) is 4.95. The summed E-state index contributed by atoms with van der Waals surface area (Å²) < 4.78 is 1.10. The van der Waals surface area contributed by atoms with Crippen LogP contribution in [0, 0.1) is 11.3 Å². The lowest BCUT2D eigenvalue weighted by molar-refractivity contribution is -0.112. The highest BCUT2D eigenvalue weighted by Gasteiger charge is 2.12. The number of carbonyl (C=O) groups is 2. The maximum Gasteiger partial charge on any atom is 0.266 e. The zero-order valence-corrected chi connectivity index (χ0v) is 15.7. The van der Waals surface area contributed by atoms with Crippen LogP contribution in [-0.2, 0) is 4.79 Å². The second-order valence-electron chi connectivity index (χ2n) is 6.09. The van der Waals surface area contributed by atoms with Crippen LogP contribution in [0.25, 0.3) is 16.2 Å². The van der Waals surface area contributed by atoms with E-state index in [2.05, 4.69) is 5.32 Å². The van der Waals surface area contributed by atoms with Gasteiger partial charge in [-0.1, -0.05) is 18.2 Å². The van der Waals surface area contributed by atoms with E-state index in [1.54, 1.807) is 55.8 Å². The van der Waals surface area contributed by atoms with Gasteiger partial charge < -0.3 is 10.2 Å². The molecule has 0 bridgehead atoms. The minimum Gasteiger partial charge on any atom is -0.345 e. The van der Waals surface area contributed by atoms with Gasteiger partial charge in [0.15, 0.2) is 0 Å². The van der Waals surface area contributed by atoms with Gasteiger partial charge in [-0.3, -0.25) is 9.59 Å². The number of anilines is 1. The zero-order chi connectivity index (χ0) is 19.4. The van der Waals surface area contributed by atoms with E-state index < -0.39 is 5.91 Å². The molecule has 2 aromatic carbocycles. The lowest BCUT2D eigenvalue weighted by atomic mass is 10.1. The van der Waals surface area contributed by atoms with Crippen molar-refractivity contribution in [1.82, 2.24) is 4.90 Å². The topological polar surface area (TPSA) is 73.2 Å². The van der Waals surface area contributed by atoms with Crippen molar-refractivity contribution in [3.05, 3.63) is 70.6 Å². The van der Waals surface area contributed by atoms with E-state index in [4.69, 9.17) is 0 Å². The van der Waals surface area contributed by atoms with Gasteiger partial charge in [-0.25, -0.2) is 0 Å². The molecule has 0 aliphatic heterocycles. The molecule has 0 atom stereocenters. The molecule has 0 unspecified atom stereocenters. The Morgan fingerprint density at radius 1 is 1.11 bits per heavy atom. The number of nitrogens with one attached hydrogen (secondary N) is 1. The summed E-state index contributed by atoms with van der Waals surface area (Å²) in [6.07, 6.45) is 1.60. The first kappa shape index (κ1) is 18.4. The molecule has 0 saturated carbocycles. The van der Waals surface area contributed by atoms with Crippen LogP contribution in [0.4, 0.5) is 5.69 Å². The largest absolute Gasteiger partial charge is 0.345 e. The molecule has 0 saturated heterocycles. The molecule has 2 amide bonds. The molecule has 0 fully saturated rings. The normalized spacial score (nSPS) is 11.1. The Morgan fingerprint density at radius 2 is 1.81 bits per heavy atom. The molecule has 0 aliphatic rings. The maximum absolute atomic E-state index is 12.5. The van der Waals surface area contributed by atoms with Gasteiger partial charge in [-0.15, -0.1) is 11.3 Å². The van der Waals surface area contributed by atoms with Crippen LogP contribution >= 0.6 is 11.3 Å². The monoisotopic (exact) mass is 375 g/mol. The van der Waals surface area contributed by atoms with Crippen molar-refractivity contribution in [1.29, 1.82) is 5.26 Å². The molecule has 134 valence electrons. The van der Waals surface area contributed by atoms with Gasteiger partial charge >= 0.3 is 0 Å². The van der Waals surface area contributed by atoms with Gasteiger partial charge in [-0.05, 0) is 52.7 Å². The first-order valence-corrected chi connectivity index (χ1v) is 9.08. The highest BCUT2D eigenvalue weighted by Crippen LogP contribution is 2.27. The first-order chi connectivity index (χ1) is 13.0. The van der Waals surface area contributed by atoms with Gasteiger partial charge in [0, 0.05) is 30.0 Å². The highest BCUT2D eigenvalue weighted by molar-refractivity contribution is 7.17. The average molecular weight is 375 g/mol. The number of thiophene rings is 1. The van der Waals surface area contributed by atoms with Crippen LogP contribution in [0.1, 0.15) is 15.9 Å². The number of benzene rings is 2. The summed E-state index contributed by atoms with van der Waals surface area (Å²) in [5, 5.41) is 15.0. The second kappa shape index (κ2) is 7.85. The second-order valence-corrected chi connectivity index (χ2v) is 7.00. The summed E-state index contributed by atoms with van der Waals surface area (Å²) in [4.78, 5) is 25.8. The fourth-order valence-corrected chi connectivity index (χ4v) is 3.49. The summed E-state index contributed by atoms with van der Waals surface area (Å²) in [6, 6.07) is 16.4. The van der Waals surface area contributed by atoms with Crippen molar-refractivity contribution in [3.63, 3.8) is 0 Å². The van der Waals surface area contributed by atoms with Crippen molar-refractivity contribution >= 4 is 45.0 Å². The lowest BCUT2D eigenvalue weighted by Crippen LogP contribution is -2.21. The van der Waals surface area contributed by atoms with Crippen LogP contribution in [0.15, 0.2) is 59.5 Å². The van der Waals surface area contributed by atoms with E-state index in [1.165, 1.54) is 4.90 Å². The minimum absolute atomic E-state index is 0.0204. The highest BCUT2D eigenvalue weighted by atomic mass is 32.1. The van der Waals surface area contributed by atoms with Gasteiger partial charge in [0.05, 0.1) is 0 Å². The number of rotatable bonds is 4. The van der Waals surface area contributed by atoms with E-state index in [0.29, 0.717) is 11.3 Å². The van der Waals surface area contributed by atoms with Crippen molar-refractivity contribution in [2.45, 2.75) is 0 Å². The molecule has 3 aromatic rings. The Morgan fingerprint density at radius 3 is 2.48 bits per heavy atom.